The fourth-order valence-corrected chi connectivity index (χ4v) is 3.16. The first-order valence-electron chi connectivity index (χ1n) is 9.43. The summed E-state index contributed by atoms with van der Waals surface area (Å²) >= 11 is 5.97. The fourth-order valence-electron chi connectivity index (χ4n) is 2.99. The summed E-state index contributed by atoms with van der Waals surface area (Å²) in [5.74, 6) is -3.22. The standard InChI is InChI=1S/C21H21ClFN3O5/c1-21(2,3)31-20(29)13-8-16(12-7-11(22)5-6-15(12)23)24-25-18(13)26(4)9-14-17(27)10-30-19(14)28/h5-8,14H,9-10H2,1-4H3. The lowest BCUT2D eigenvalue weighted by molar-refractivity contribution is -0.141. The molecule has 1 saturated heterocycles. The first kappa shape index (κ1) is 22.6. The van der Waals surface area contributed by atoms with Crippen LogP contribution in [0.5, 0.6) is 0 Å². The third-order valence-electron chi connectivity index (χ3n) is 4.45. The molecule has 0 saturated carbocycles. The summed E-state index contributed by atoms with van der Waals surface area (Å²) in [6.45, 7) is 4.76. The molecule has 2 heterocycles. The van der Waals surface area contributed by atoms with Crippen LogP contribution in [0.3, 0.4) is 0 Å². The number of Topliss-reactive ketones (excluding diaryl/α,β-unsaturated/α-hetero) is 1. The Morgan fingerprint density at radius 3 is 2.61 bits per heavy atom. The molecule has 1 aliphatic heterocycles. The van der Waals surface area contributed by atoms with Crippen LogP contribution in [-0.2, 0) is 19.1 Å². The fraction of sp³-hybridized carbons (Fsp3) is 0.381. The molecule has 1 aliphatic rings. The Kier molecular flexibility index (Phi) is 6.26. The Balaban J connectivity index is 2.03. The summed E-state index contributed by atoms with van der Waals surface area (Å²) in [6.07, 6.45) is 0. The lowest BCUT2D eigenvalue weighted by atomic mass is 10.1. The minimum atomic E-state index is -0.997. The van der Waals surface area contributed by atoms with Crippen LogP contribution in [0.15, 0.2) is 24.3 Å². The highest BCUT2D eigenvalue weighted by Gasteiger charge is 2.37. The summed E-state index contributed by atoms with van der Waals surface area (Å²) in [7, 11) is 1.55. The minimum absolute atomic E-state index is 0.000568. The second-order valence-corrected chi connectivity index (χ2v) is 8.54. The highest BCUT2D eigenvalue weighted by Crippen LogP contribution is 2.29. The number of ketones is 1. The van der Waals surface area contributed by atoms with Crippen molar-refractivity contribution in [3.63, 3.8) is 0 Å². The SMILES string of the molecule is CN(CC1C(=O)COC1=O)c1nnc(-c2cc(Cl)ccc2F)cc1C(=O)OC(C)(C)C. The number of hydrogen-bond donors (Lipinski definition) is 0. The average molecular weight is 450 g/mol. The monoisotopic (exact) mass is 449 g/mol. The number of aromatic nitrogens is 2. The molecule has 1 fully saturated rings. The van der Waals surface area contributed by atoms with Gasteiger partial charge in [-0.15, -0.1) is 10.2 Å². The maximum absolute atomic E-state index is 14.3. The van der Waals surface area contributed by atoms with Gasteiger partial charge in [-0.1, -0.05) is 11.6 Å². The maximum Gasteiger partial charge on any atom is 0.342 e. The van der Waals surface area contributed by atoms with E-state index in [2.05, 4.69) is 10.2 Å². The first-order valence-corrected chi connectivity index (χ1v) is 9.81. The van der Waals surface area contributed by atoms with Crippen LogP contribution >= 0.6 is 11.6 Å². The third-order valence-corrected chi connectivity index (χ3v) is 4.68. The lowest BCUT2D eigenvalue weighted by Crippen LogP contribution is -2.34. The molecule has 2 aromatic rings. The Bertz CT molecular complexity index is 1040. The van der Waals surface area contributed by atoms with E-state index in [1.807, 2.05) is 0 Å². The molecule has 0 N–H and O–H groups in total. The van der Waals surface area contributed by atoms with E-state index in [0.717, 1.165) is 0 Å². The Morgan fingerprint density at radius 1 is 1.29 bits per heavy atom. The number of cyclic esters (lactones) is 1. The predicted octanol–water partition coefficient (Wildman–Crippen LogP) is 3.07. The maximum atomic E-state index is 14.3. The zero-order valence-electron chi connectivity index (χ0n) is 17.4. The van der Waals surface area contributed by atoms with Gasteiger partial charge in [0.25, 0.3) is 0 Å². The van der Waals surface area contributed by atoms with E-state index in [1.54, 1.807) is 27.8 Å². The summed E-state index contributed by atoms with van der Waals surface area (Å²) in [4.78, 5) is 38.1. The zero-order valence-corrected chi connectivity index (χ0v) is 18.2. The molecule has 1 aromatic heterocycles. The van der Waals surface area contributed by atoms with Gasteiger partial charge in [0.05, 0.1) is 5.69 Å². The summed E-state index contributed by atoms with van der Waals surface area (Å²) in [6, 6.07) is 5.29. The number of esters is 2. The number of rotatable bonds is 5. The van der Waals surface area contributed by atoms with Gasteiger partial charge in [-0.25, -0.2) is 9.18 Å². The summed E-state index contributed by atoms with van der Waals surface area (Å²) in [5, 5.41) is 8.38. The van der Waals surface area contributed by atoms with Crippen molar-refractivity contribution in [1.82, 2.24) is 10.2 Å². The quantitative estimate of drug-likeness (QED) is 0.507. The first-order chi connectivity index (χ1) is 14.5. The largest absolute Gasteiger partial charge is 0.457 e. The van der Waals surface area contributed by atoms with Gasteiger partial charge < -0.3 is 14.4 Å². The molecule has 0 aliphatic carbocycles. The number of nitrogens with zero attached hydrogens (tertiary/aromatic N) is 3. The van der Waals surface area contributed by atoms with Crippen molar-refractivity contribution >= 4 is 35.1 Å². The minimum Gasteiger partial charge on any atom is -0.457 e. The highest BCUT2D eigenvalue weighted by atomic mass is 35.5. The van der Waals surface area contributed by atoms with Gasteiger partial charge >= 0.3 is 11.9 Å². The van der Waals surface area contributed by atoms with Crippen molar-refractivity contribution in [2.24, 2.45) is 5.92 Å². The molecule has 0 amide bonds. The molecule has 10 heteroatoms. The van der Waals surface area contributed by atoms with Crippen molar-refractivity contribution in [2.45, 2.75) is 26.4 Å². The van der Waals surface area contributed by atoms with E-state index in [1.165, 1.54) is 29.2 Å². The molecule has 0 spiro atoms. The average Bonchev–Trinajstić information content (AvgIpc) is 3.00. The van der Waals surface area contributed by atoms with Gasteiger partial charge in [0.2, 0.25) is 0 Å². The molecule has 1 unspecified atom stereocenters. The van der Waals surface area contributed by atoms with Crippen molar-refractivity contribution in [3.8, 4) is 11.3 Å². The van der Waals surface area contributed by atoms with E-state index in [0.29, 0.717) is 0 Å². The van der Waals surface area contributed by atoms with Crippen molar-refractivity contribution in [3.05, 3.63) is 40.7 Å². The Morgan fingerprint density at radius 2 is 2.00 bits per heavy atom. The van der Waals surface area contributed by atoms with E-state index in [9.17, 15) is 18.8 Å². The number of ether oxygens (including phenoxy) is 2. The van der Waals surface area contributed by atoms with Gasteiger partial charge in [-0.05, 0) is 45.0 Å². The topological polar surface area (TPSA) is 98.7 Å². The number of anilines is 1. The molecular formula is C21H21ClFN3O5. The van der Waals surface area contributed by atoms with Gasteiger partial charge in [0.15, 0.2) is 18.2 Å². The van der Waals surface area contributed by atoms with Gasteiger partial charge in [0, 0.05) is 24.2 Å². The van der Waals surface area contributed by atoms with Crippen molar-refractivity contribution < 1.29 is 28.2 Å². The number of carbonyl (C=O) groups excluding carboxylic acids is 3. The lowest BCUT2D eigenvalue weighted by Gasteiger charge is -2.24. The van der Waals surface area contributed by atoms with Crippen LogP contribution in [0, 0.1) is 11.7 Å². The molecule has 3 rings (SSSR count). The predicted molar refractivity (Wildman–Crippen MR) is 110 cm³/mol. The smallest absolute Gasteiger partial charge is 0.342 e. The van der Waals surface area contributed by atoms with Crippen LogP contribution in [0.1, 0.15) is 31.1 Å². The zero-order chi connectivity index (χ0) is 22.9. The Hall–Kier alpha value is -3.07. The van der Waals surface area contributed by atoms with Crippen LogP contribution in [0.25, 0.3) is 11.3 Å². The second kappa shape index (κ2) is 8.58. The third kappa shape index (κ3) is 5.16. The summed E-state index contributed by atoms with van der Waals surface area (Å²) < 4.78 is 24.6. The van der Waals surface area contributed by atoms with E-state index in [4.69, 9.17) is 21.1 Å². The molecular weight excluding hydrogens is 429 g/mol. The van der Waals surface area contributed by atoms with Crippen LogP contribution in [-0.4, -0.2) is 53.7 Å². The van der Waals surface area contributed by atoms with Crippen molar-refractivity contribution in [1.29, 1.82) is 0 Å². The van der Waals surface area contributed by atoms with E-state index >= 15 is 0 Å². The number of carbonyl (C=O) groups is 3. The Labute approximate surface area is 183 Å². The molecule has 0 bridgehead atoms. The number of hydrogen-bond acceptors (Lipinski definition) is 8. The van der Waals surface area contributed by atoms with E-state index in [-0.39, 0.29) is 46.6 Å². The van der Waals surface area contributed by atoms with Gasteiger partial charge in [0.1, 0.15) is 22.9 Å². The van der Waals surface area contributed by atoms with E-state index < -0.39 is 29.3 Å². The molecule has 31 heavy (non-hydrogen) atoms. The summed E-state index contributed by atoms with van der Waals surface area (Å²) in [5.41, 5.74) is -0.661. The van der Waals surface area contributed by atoms with Crippen LogP contribution in [0.2, 0.25) is 5.02 Å². The molecule has 164 valence electrons. The number of halogens is 2. The number of benzene rings is 1. The van der Waals surface area contributed by atoms with Gasteiger partial charge in [-0.2, -0.15) is 0 Å². The second-order valence-electron chi connectivity index (χ2n) is 8.10. The molecule has 0 radical (unpaired) electrons. The molecule has 1 atom stereocenters. The molecule has 1 aromatic carbocycles. The molecule has 8 nitrogen and oxygen atoms in total. The van der Waals surface area contributed by atoms with Crippen LogP contribution < -0.4 is 4.90 Å². The highest BCUT2D eigenvalue weighted by molar-refractivity contribution is 6.30. The van der Waals surface area contributed by atoms with Crippen molar-refractivity contribution in [2.75, 3.05) is 25.1 Å². The van der Waals surface area contributed by atoms with Crippen LogP contribution in [0.4, 0.5) is 10.2 Å². The normalized spacial score (nSPS) is 16.3. The van der Waals surface area contributed by atoms with Gasteiger partial charge in [-0.3, -0.25) is 9.59 Å².